The van der Waals surface area contributed by atoms with Gasteiger partial charge in [-0.05, 0) is 57.2 Å². The number of nitrogens with zero attached hydrogens (tertiary/aromatic N) is 3. The lowest BCUT2D eigenvalue weighted by molar-refractivity contribution is 0.0525. The maximum atomic E-state index is 12.5. The normalized spacial score (nSPS) is 13.2. The quantitative estimate of drug-likeness (QED) is 0.360. The highest BCUT2D eigenvalue weighted by molar-refractivity contribution is 6.21. The van der Waals surface area contributed by atoms with Crippen LogP contribution in [0.25, 0.3) is 5.69 Å². The Kier molecular flexibility index (Phi) is 5.25. The van der Waals surface area contributed by atoms with Crippen molar-refractivity contribution >= 4 is 24.0 Å². The van der Waals surface area contributed by atoms with Crippen molar-refractivity contribution < 1.29 is 19.1 Å². The van der Waals surface area contributed by atoms with Crippen molar-refractivity contribution in [3.63, 3.8) is 0 Å². The summed E-state index contributed by atoms with van der Waals surface area (Å²) in [5.74, 6) is -1.25. The highest BCUT2D eigenvalue weighted by Gasteiger charge is 2.35. The summed E-state index contributed by atoms with van der Waals surface area (Å²) in [4.78, 5) is 37.1. The molecule has 1 aromatic heterocycles. The molecule has 0 saturated carbocycles. The van der Waals surface area contributed by atoms with E-state index >= 15 is 0 Å². The number of carbonyl (C=O) groups excluding carboxylic acids is 3. The molecule has 1 aliphatic heterocycles. The van der Waals surface area contributed by atoms with Crippen LogP contribution in [-0.2, 0) is 4.74 Å². The predicted molar refractivity (Wildman–Crippen MR) is 116 cm³/mol. The fourth-order valence-corrected chi connectivity index (χ4v) is 3.70. The minimum Gasteiger partial charge on any atom is -0.462 e. The number of aryl methyl sites for hydroxylation is 1. The standard InChI is InChI=1S/C24H21N3O4/c1-4-31-24(30)17-8-7-9-19(13-17)26-15(2)12-18(16(26)3)14-25-27-22(28)20-10-5-6-11-21(20)23(27)29/h5-14H,4H2,1-3H3/b25-14-. The largest absolute Gasteiger partial charge is 0.462 e. The maximum absolute atomic E-state index is 12.5. The molecule has 2 amide bonds. The number of carbonyl (C=O) groups is 3. The molecule has 0 fully saturated rings. The first-order chi connectivity index (χ1) is 14.9. The summed E-state index contributed by atoms with van der Waals surface area (Å²) in [7, 11) is 0. The first kappa shape index (κ1) is 20.3. The highest BCUT2D eigenvalue weighted by atomic mass is 16.5. The Bertz CT molecular complexity index is 1200. The number of hydrogen-bond acceptors (Lipinski definition) is 5. The second kappa shape index (κ2) is 8.02. The number of esters is 1. The summed E-state index contributed by atoms with van der Waals surface area (Å²) in [6.45, 7) is 5.92. The molecule has 0 N–H and O–H groups in total. The number of amides is 2. The molecule has 31 heavy (non-hydrogen) atoms. The van der Waals surface area contributed by atoms with Crippen LogP contribution in [0.4, 0.5) is 0 Å². The Hall–Kier alpha value is -4.00. The lowest BCUT2D eigenvalue weighted by Gasteiger charge is -2.11. The molecule has 2 heterocycles. The smallest absolute Gasteiger partial charge is 0.338 e. The van der Waals surface area contributed by atoms with Crippen molar-refractivity contribution in [3.05, 3.63) is 88.2 Å². The molecule has 4 rings (SSSR count). The molecule has 3 aromatic rings. The van der Waals surface area contributed by atoms with Crippen LogP contribution in [0.2, 0.25) is 0 Å². The Morgan fingerprint density at radius 2 is 1.68 bits per heavy atom. The van der Waals surface area contributed by atoms with Crippen LogP contribution in [0.15, 0.2) is 59.7 Å². The first-order valence-corrected chi connectivity index (χ1v) is 9.90. The zero-order valence-electron chi connectivity index (χ0n) is 17.5. The van der Waals surface area contributed by atoms with Gasteiger partial charge in [-0.1, -0.05) is 18.2 Å². The van der Waals surface area contributed by atoms with Crippen molar-refractivity contribution in [1.82, 2.24) is 9.58 Å². The van der Waals surface area contributed by atoms with Crippen LogP contribution in [0.1, 0.15) is 54.9 Å². The summed E-state index contributed by atoms with van der Waals surface area (Å²) < 4.78 is 7.07. The van der Waals surface area contributed by atoms with Gasteiger partial charge in [-0.15, -0.1) is 0 Å². The Morgan fingerprint density at radius 3 is 2.32 bits per heavy atom. The van der Waals surface area contributed by atoms with Crippen LogP contribution in [0.3, 0.4) is 0 Å². The number of ether oxygens (including phenoxy) is 1. The van der Waals surface area contributed by atoms with Gasteiger partial charge in [0.15, 0.2) is 0 Å². The number of rotatable bonds is 5. The Labute approximate surface area is 179 Å². The van der Waals surface area contributed by atoms with Gasteiger partial charge in [0.05, 0.1) is 29.5 Å². The van der Waals surface area contributed by atoms with E-state index in [1.54, 1.807) is 49.4 Å². The topological polar surface area (TPSA) is 81.0 Å². The predicted octanol–water partition coefficient (Wildman–Crippen LogP) is 3.90. The van der Waals surface area contributed by atoms with Gasteiger partial charge in [0.1, 0.15) is 0 Å². The molecule has 2 aromatic carbocycles. The van der Waals surface area contributed by atoms with Gasteiger partial charge in [-0.25, -0.2) is 4.79 Å². The lowest BCUT2D eigenvalue weighted by atomic mass is 10.1. The van der Waals surface area contributed by atoms with Gasteiger partial charge in [-0.3, -0.25) is 9.59 Å². The third-order valence-corrected chi connectivity index (χ3v) is 5.17. The van der Waals surface area contributed by atoms with E-state index in [9.17, 15) is 14.4 Å². The first-order valence-electron chi connectivity index (χ1n) is 9.90. The van der Waals surface area contributed by atoms with Gasteiger partial charge >= 0.3 is 5.97 Å². The van der Waals surface area contributed by atoms with Gasteiger partial charge in [0, 0.05) is 22.6 Å². The summed E-state index contributed by atoms with van der Waals surface area (Å²) in [6, 6.07) is 15.8. The zero-order chi connectivity index (χ0) is 22.1. The van der Waals surface area contributed by atoms with E-state index in [1.165, 1.54) is 6.21 Å². The molecule has 0 spiro atoms. The second-order valence-corrected chi connectivity index (χ2v) is 7.14. The summed E-state index contributed by atoms with van der Waals surface area (Å²) in [5.41, 5.74) is 4.52. The fraction of sp³-hybridized carbons (Fsp3) is 0.167. The molecule has 0 saturated heterocycles. The molecule has 0 atom stereocenters. The van der Waals surface area contributed by atoms with Crippen LogP contribution in [0, 0.1) is 13.8 Å². The SMILES string of the molecule is CCOC(=O)c1cccc(-n2c(C)cc(/C=N\N3C(=O)c4ccccc4C3=O)c2C)c1. The monoisotopic (exact) mass is 415 g/mol. The third kappa shape index (κ3) is 3.54. The van der Waals surface area contributed by atoms with E-state index in [2.05, 4.69) is 5.10 Å². The molecular weight excluding hydrogens is 394 g/mol. The minimum absolute atomic E-state index is 0.309. The van der Waals surface area contributed by atoms with Crippen molar-refractivity contribution in [2.24, 2.45) is 5.10 Å². The van der Waals surface area contributed by atoms with E-state index in [1.807, 2.05) is 30.5 Å². The van der Waals surface area contributed by atoms with E-state index < -0.39 is 11.8 Å². The van der Waals surface area contributed by atoms with Gasteiger partial charge in [-0.2, -0.15) is 10.1 Å². The summed E-state index contributed by atoms with van der Waals surface area (Å²) in [6.07, 6.45) is 1.51. The van der Waals surface area contributed by atoms with E-state index in [-0.39, 0.29) is 5.97 Å². The van der Waals surface area contributed by atoms with Crippen LogP contribution in [-0.4, -0.2) is 40.2 Å². The number of aromatic nitrogens is 1. The lowest BCUT2D eigenvalue weighted by Crippen LogP contribution is -2.24. The number of hydrogen-bond donors (Lipinski definition) is 0. The molecule has 7 heteroatoms. The Morgan fingerprint density at radius 1 is 1.00 bits per heavy atom. The number of benzene rings is 2. The van der Waals surface area contributed by atoms with Gasteiger partial charge in [0.2, 0.25) is 0 Å². The molecule has 0 radical (unpaired) electrons. The molecule has 0 aliphatic carbocycles. The molecular formula is C24H21N3O4. The highest BCUT2D eigenvalue weighted by Crippen LogP contribution is 2.24. The fourth-order valence-electron chi connectivity index (χ4n) is 3.70. The zero-order valence-corrected chi connectivity index (χ0v) is 17.5. The summed E-state index contributed by atoms with van der Waals surface area (Å²) in [5, 5.41) is 5.06. The van der Waals surface area contributed by atoms with Crippen LogP contribution in [0.5, 0.6) is 0 Å². The van der Waals surface area contributed by atoms with Gasteiger partial charge in [0.25, 0.3) is 11.8 Å². The van der Waals surface area contributed by atoms with Crippen LogP contribution < -0.4 is 0 Å². The van der Waals surface area contributed by atoms with Crippen molar-refractivity contribution in [2.45, 2.75) is 20.8 Å². The number of imide groups is 1. The van der Waals surface area contributed by atoms with E-state index in [4.69, 9.17) is 4.74 Å². The van der Waals surface area contributed by atoms with Crippen LogP contribution >= 0.6 is 0 Å². The molecule has 1 aliphatic rings. The number of hydrazone groups is 1. The molecule has 0 bridgehead atoms. The van der Waals surface area contributed by atoms with E-state index in [0.29, 0.717) is 23.3 Å². The third-order valence-electron chi connectivity index (χ3n) is 5.17. The number of fused-ring (bicyclic) bond motifs is 1. The Balaban J connectivity index is 1.64. The molecule has 7 nitrogen and oxygen atoms in total. The molecule has 156 valence electrons. The second-order valence-electron chi connectivity index (χ2n) is 7.14. The van der Waals surface area contributed by atoms with Crippen molar-refractivity contribution in [3.8, 4) is 5.69 Å². The maximum Gasteiger partial charge on any atom is 0.338 e. The summed E-state index contributed by atoms with van der Waals surface area (Å²) >= 11 is 0. The average Bonchev–Trinajstić information content (AvgIpc) is 3.19. The van der Waals surface area contributed by atoms with Gasteiger partial charge < -0.3 is 9.30 Å². The van der Waals surface area contributed by atoms with E-state index in [0.717, 1.165) is 27.6 Å². The van der Waals surface area contributed by atoms with Crippen molar-refractivity contribution in [1.29, 1.82) is 0 Å². The molecule has 0 unspecified atom stereocenters. The van der Waals surface area contributed by atoms with Crippen molar-refractivity contribution in [2.75, 3.05) is 6.61 Å². The minimum atomic E-state index is -0.437. The average molecular weight is 415 g/mol.